The molecular weight excluding hydrogens is 493 g/mol. The lowest BCUT2D eigenvalue weighted by Crippen LogP contribution is -2.17. The van der Waals surface area contributed by atoms with E-state index in [-0.39, 0.29) is 6.42 Å². The second kappa shape index (κ2) is 9.27. The molecule has 3 rings (SSSR count). The van der Waals surface area contributed by atoms with Crippen molar-refractivity contribution < 1.29 is 19.0 Å². The van der Waals surface area contributed by atoms with Gasteiger partial charge in [-0.15, -0.1) is 0 Å². The predicted molar refractivity (Wildman–Crippen MR) is 115 cm³/mol. The van der Waals surface area contributed by atoms with Gasteiger partial charge in [-0.3, -0.25) is 0 Å². The summed E-state index contributed by atoms with van der Waals surface area (Å²) in [6.45, 7) is 3.45. The number of anilines is 1. The zero-order valence-corrected chi connectivity index (χ0v) is 18.6. The zero-order valence-electron chi connectivity index (χ0n) is 15.5. The van der Waals surface area contributed by atoms with E-state index in [4.69, 9.17) is 9.84 Å². The molecule has 0 aliphatic heterocycles. The number of carbonyl (C=O) groups is 1. The quantitative estimate of drug-likeness (QED) is 0.438. The minimum absolute atomic E-state index is 0.194. The van der Waals surface area contributed by atoms with Gasteiger partial charge in [0.25, 0.3) is 0 Å². The minimum atomic E-state index is -1.93. The molecule has 2 aromatic carbocycles. The second-order valence-electron chi connectivity index (χ2n) is 7.22. The molecule has 1 atom stereocenters. The average molecular weight is 515 g/mol. The first-order valence-corrected chi connectivity index (χ1v) is 10.7. The van der Waals surface area contributed by atoms with E-state index in [0.717, 1.165) is 29.3 Å². The van der Waals surface area contributed by atoms with Crippen LogP contribution in [0.2, 0.25) is 0 Å². The van der Waals surface area contributed by atoms with Gasteiger partial charge in [0, 0.05) is 18.7 Å². The van der Waals surface area contributed by atoms with E-state index in [1.54, 1.807) is 12.1 Å². The molecule has 4 nitrogen and oxygen atoms in total. The van der Waals surface area contributed by atoms with E-state index in [1.807, 2.05) is 0 Å². The molecule has 28 heavy (non-hydrogen) atoms. The van der Waals surface area contributed by atoms with Gasteiger partial charge >= 0.3 is 5.97 Å². The Hall–Kier alpha value is -1.60. The third-order valence-corrected chi connectivity index (χ3v) is 5.73. The highest BCUT2D eigenvalue weighted by Gasteiger charge is 2.21. The van der Waals surface area contributed by atoms with Crippen LogP contribution < -0.4 is 10.1 Å². The fraction of sp³-hybridized carbons (Fsp3) is 0.381. The Balaban J connectivity index is 1.67. The van der Waals surface area contributed by atoms with Gasteiger partial charge in [-0.05, 0) is 98.5 Å². The summed E-state index contributed by atoms with van der Waals surface area (Å²) in [7, 11) is 0. The molecule has 0 heterocycles. The van der Waals surface area contributed by atoms with Gasteiger partial charge in [0.15, 0.2) is 0 Å². The zero-order chi connectivity index (χ0) is 20.3. The highest BCUT2D eigenvalue weighted by atomic mass is 79.9. The Kier molecular flexibility index (Phi) is 6.99. The molecule has 0 saturated heterocycles. The van der Waals surface area contributed by atoms with E-state index >= 15 is 0 Å². The summed E-state index contributed by atoms with van der Waals surface area (Å²) in [5, 5.41) is 12.2. The molecule has 2 aromatic rings. The summed E-state index contributed by atoms with van der Waals surface area (Å²) < 4.78 is 20.7. The maximum Gasteiger partial charge on any atom is 0.338 e. The van der Waals surface area contributed by atoms with Crippen LogP contribution in [0.1, 0.15) is 29.5 Å². The fourth-order valence-electron chi connectivity index (χ4n) is 2.95. The molecule has 1 unspecified atom stereocenters. The predicted octanol–water partition coefficient (Wildman–Crippen LogP) is 5.89. The lowest BCUT2D eigenvalue weighted by Gasteiger charge is -2.14. The molecule has 1 saturated carbocycles. The first-order chi connectivity index (χ1) is 13.3. The molecule has 1 fully saturated rings. The number of carboxylic acids is 1. The fourth-order valence-corrected chi connectivity index (χ4v) is 4.46. The van der Waals surface area contributed by atoms with E-state index < -0.39 is 12.1 Å². The Morgan fingerprint density at radius 2 is 1.89 bits per heavy atom. The number of alkyl halides is 1. The Morgan fingerprint density at radius 1 is 1.21 bits per heavy atom. The maximum absolute atomic E-state index is 13.5. The van der Waals surface area contributed by atoms with Crippen LogP contribution >= 0.6 is 31.9 Å². The van der Waals surface area contributed by atoms with Crippen LogP contribution in [0.25, 0.3) is 0 Å². The Labute approximate surface area is 180 Å². The van der Waals surface area contributed by atoms with E-state index in [9.17, 15) is 9.18 Å². The van der Waals surface area contributed by atoms with Crippen LogP contribution in [0.15, 0.2) is 39.3 Å². The second-order valence-corrected chi connectivity index (χ2v) is 8.93. The summed E-state index contributed by atoms with van der Waals surface area (Å²) in [6.07, 6.45) is 0.491. The molecule has 1 aliphatic carbocycles. The SMILES string of the molecule is Cc1cc(COc2c(Br)cc(CC(F)C(=O)O)cc2Br)cc(NCC2CC2)c1. The van der Waals surface area contributed by atoms with Gasteiger partial charge in [0.2, 0.25) is 6.17 Å². The molecule has 0 amide bonds. The van der Waals surface area contributed by atoms with Crippen molar-refractivity contribution >= 4 is 43.5 Å². The van der Waals surface area contributed by atoms with Crippen molar-refractivity contribution in [3.05, 3.63) is 56.0 Å². The van der Waals surface area contributed by atoms with E-state index in [0.29, 0.717) is 26.9 Å². The standard InChI is InChI=1S/C21H22Br2FNO3/c1-12-4-15(6-16(5-12)25-10-13-2-3-13)11-28-20-17(22)7-14(8-18(20)23)9-19(24)21(26)27/h4-8,13,19,25H,2-3,9-11H2,1H3,(H,26,27). The summed E-state index contributed by atoms with van der Waals surface area (Å²) in [6, 6.07) is 9.68. The number of aliphatic carboxylic acids is 1. The highest BCUT2D eigenvalue weighted by Crippen LogP contribution is 2.36. The molecule has 0 spiro atoms. The van der Waals surface area contributed by atoms with Crippen molar-refractivity contribution in [1.29, 1.82) is 0 Å². The number of carboxylic acid groups (broad SMARTS) is 1. The van der Waals surface area contributed by atoms with Gasteiger partial charge < -0.3 is 15.2 Å². The summed E-state index contributed by atoms with van der Waals surface area (Å²) in [5.41, 5.74) is 3.89. The van der Waals surface area contributed by atoms with Crippen LogP contribution in [-0.4, -0.2) is 23.8 Å². The van der Waals surface area contributed by atoms with E-state index in [1.165, 1.54) is 12.8 Å². The average Bonchev–Trinajstić information content (AvgIpc) is 3.43. The van der Waals surface area contributed by atoms with Crippen molar-refractivity contribution in [2.24, 2.45) is 5.92 Å². The lowest BCUT2D eigenvalue weighted by molar-refractivity contribution is -0.142. The summed E-state index contributed by atoms with van der Waals surface area (Å²) in [4.78, 5) is 10.7. The number of aryl methyl sites for hydroxylation is 1. The van der Waals surface area contributed by atoms with Crippen LogP contribution in [0.3, 0.4) is 0 Å². The van der Waals surface area contributed by atoms with Gasteiger partial charge in [0.1, 0.15) is 12.4 Å². The van der Waals surface area contributed by atoms with Crippen molar-refractivity contribution in [3.63, 3.8) is 0 Å². The van der Waals surface area contributed by atoms with Crippen LogP contribution in [-0.2, 0) is 17.8 Å². The number of hydrogen-bond acceptors (Lipinski definition) is 3. The van der Waals surface area contributed by atoms with E-state index in [2.05, 4.69) is 62.3 Å². The molecule has 0 radical (unpaired) electrons. The number of hydrogen-bond donors (Lipinski definition) is 2. The van der Waals surface area contributed by atoms with Gasteiger partial charge in [0.05, 0.1) is 8.95 Å². The first-order valence-electron chi connectivity index (χ1n) is 9.14. The highest BCUT2D eigenvalue weighted by molar-refractivity contribution is 9.11. The first kappa shape index (κ1) is 21.1. The van der Waals surface area contributed by atoms with Gasteiger partial charge in [-0.1, -0.05) is 6.07 Å². The Morgan fingerprint density at radius 3 is 2.50 bits per heavy atom. The molecule has 2 N–H and O–H groups in total. The molecule has 1 aliphatic rings. The number of benzene rings is 2. The van der Waals surface area contributed by atoms with Crippen LogP contribution in [0.5, 0.6) is 5.75 Å². The number of ether oxygens (including phenoxy) is 1. The minimum Gasteiger partial charge on any atom is -0.487 e. The number of halogens is 3. The lowest BCUT2D eigenvalue weighted by atomic mass is 10.1. The van der Waals surface area contributed by atoms with Gasteiger partial charge in [-0.25, -0.2) is 9.18 Å². The van der Waals surface area contributed by atoms with Crippen molar-refractivity contribution in [2.45, 2.75) is 39.0 Å². The normalized spacial score (nSPS) is 14.6. The molecule has 7 heteroatoms. The van der Waals surface area contributed by atoms with Crippen molar-refractivity contribution in [3.8, 4) is 5.75 Å². The number of rotatable bonds is 9. The molecule has 150 valence electrons. The topological polar surface area (TPSA) is 58.6 Å². The summed E-state index contributed by atoms with van der Waals surface area (Å²) >= 11 is 6.88. The third-order valence-electron chi connectivity index (χ3n) is 4.55. The molecule has 0 aromatic heterocycles. The van der Waals surface area contributed by atoms with Crippen molar-refractivity contribution in [2.75, 3.05) is 11.9 Å². The third kappa shape index (κ3) is 5.95. The smallest absolute Gasteiger partial charge is 0.338 e. The monoisotopic (exact) mass is 513 g/mol. The Bertz CT molecular complexity index is 848. The largest absolute Gasteiger partial charge is 0.487 e. The van der Waals surface area contributed by atoms with Crippen molar-refractivity contribution in [1.82, 2.24) is 0 Å². The molecule has 0 bridgehead atoms. The van der Waals surface area contributed by atoms with Gasteiger partial charge in [-0.2, -0.15) is 0 Å². The van der Waals surface area contributed by atoms with Crippen LogP contribution in [0, 0.1) is 12.8 Å². The molecular formula is C21H22Br2FNO3. The maximum atomic E-state index is 13.5. The van der Waals surface area contributed by atoms with Crippen LogP contribution in [0.4, 0.5) is 10.1 Å². The number of nitrogens with one attached hydrogen (secondary N) is 1. The summed E-state index contributed by atoms with van der Waals surface area (Å²) in [5.74, 6) is -0.0581.